The number of nitrogens with zero attached hydrogens (tertiary/aromatic N) is 3. The minimum absolute atomic E-state index is 0.100. The minimum atomic E-state index is 0.100. The Hall–Kier alpha value is -1.88. The number of piperidine rings is 1. The lowest BCUT2D eigenvalue weighted by Gasteiger charge is -2.39. The molecule has 5 heteroatoms. The van der Waals surface area contributed by atoms with Crippen LogP contribution in [0.4, 0.5) is 0 Å². The highest BCUT2D eigenvalue weighted by atomic mass is 16.2. The van der Waals surface area contributed by atoms with Gasteiger partial charge in [0, 0.05) is 44.0 Å². The topological polar surface area (TPSA) is 49.6 Å². The van der Waals surface area contributed by atoms with E-state index in [-0.39, 0.29) is 11.4 Å². The van der Waals surface area contributed by atoms with Crippen molar-refractivity contribution in [2.45, 2.75) is 37.8 Å². The van der Waals surface area contributed by atoms with Crippen LogP contribution in [0.25, 0.3) is 5.52 Å². The molecule has 2 aromatic rings. The van der Waals surface area contributed by atoms with Crippen LogP contribution in [-0.2, 0) is 11.3 Å². The largest absolute Gasteiger partial charge is 0.351 e. The Labute approximate surface area is 123 Å². The first-order chi connectivity index (χ1) is 10.2. The predicted octanol–water partition coefficient (Wildman–Crippen LogP) is 1.58. The van der Waals surface area contributed by atoms with Crippen LogP contribution in [0.15, 0.2) is 30.6 Å². The summed E-state index contributed by atoms with van der Waals surface area (Å²) in [4.78, 5) is 13.9. The third-order valence-electron chi connectivity index (χ3n) is 4.92. The highest BCUT2D eigenvalue weighted by Crippen LogP contribution is 2.31. The van der Waals surface area contributed by atoms with Crippen LogP contribution in [-0.4, -0.2) is 39.0 Å². The molecule has 0 aliphatic carbocycles. The Bertz CT molecular complexity index is 670. The van der Waals surface area contributed by atoms with Crippen LogP contribution in [0.3, 0.4) is 0 Å². The maximum absolute atomic E-state index is 11.5. The standard InChI is InChI=1S/C16H20N4O/c21-15-1-4-16(18-15)5-9-19(10-6-16)12-13-3-8-20-14(11-13)2-7-17-20/h2-3,7-8,11H,1,4-6,9-10,12H2,(H,18,21). The molecule has 1 spiro atoms. The number of carbonyl (C=O) groups excluding carboxylic acids is 1. The molecule has 0 saturated carbocycles. The van der Waals surface area contributed by atoms with Crippen molar-refractivity contribution in [2.75, 3.05) is 13.1 Å². The molecule has 0 aromatic carbocycles. The van der Waals surface area contributed by atoms with Gasteiger partial charge in [0.05, 0.1) is 5.52 Å². The van der Waals surface area contributed by atoms with Gasteiger partial charge in [0.1, 0.15) is 0 Å². The smallest absolute Gasteiger partial charge is 0.220 e. The molecule has 4 rings (SSSR count). The zero-order chi connectivity index (χ0) is 14.3. The first kappa shape index (κ1) is 12.8. The van der Waals surface area contributed by atoms with Crippen molar-refractivity contribution in [3.05, 3.63) is 36.2 Å². The van der Waals surface area contributed by atoms with Crippen LogP contribution in [0.2, 0.25) is 0 Å². The number of pyridine rings is 1. The van der Waals surface area contributed by atoms with Gasteiger partial charge in [-0.05, 0) is 43.0 Å². The van der Waals surface area contributed by atoms with E-state index in [0.29, 0.717) is 6.42 Å². The Balaban J connectivity index is 1.41. The summed E-state index contributed by atoms with van der Waals surface area (Å²) in [6, 6.07) is 6.37. The summed E-state index contributed by atoms with van der Waals surface area (Å²) in [5, 5.41) is 7.42. The second-order valence-corrected chi connectivity index (χ2v) is 6.34. The van der Waals surface area contributed by atoms with Gasteiger partial charge in [0.15, 0.2) is 0 Å². The van der Waals surface area contributed by atoms with Gasteiger partial charge in [0.25, 0.3) is 0 Å². The summed E-state index contributed by atoms with van der Waals surface area (Å²) in [6.07, 6.45) is 7.72. The van der Waals surface area contributed by atoms with E-state index < -0.39 is 0 Å². The van der Waals surface area contributed by atoms with Crippen LogP contribution >= 0.6 is 0 Å². The highest BCUT2D eigenvalue weighted by Gasteiger charge is 2.39. The molecule has 0 atom stereocenters. The Kier molecular flexibility index (Phi) is 2.96. The number of nitrogens with one attached hydrogen (secondary N) is 1. The number of likely N-dealkylation sites (tertiary alicyclic amines) is 1. The summed E-state index contributed by atoms with van der Waals surface area (Å²) in [6.45, 7) is 3.10. The molecule has 1 N–H and O–H groups in total. The van der Waals surface area contributed by atoms with Gasteiger partial charge in [-0.2, -0.15) is 5.10 Å². The molecule has 110 valence electrons. The molecule has 0 unspecified atom stereocenters. The predicted molar refractivity (Wildman–Crippen MR) is 79.8 cm³/mol. The van der Waals surface area contributed by atoms with E-state index in [1.54, 1.807) is 0 Å². The van der Waals surface area contributed by atoms with E-state index in [9.17, 15) is 4.79 Å². The average molecular weight is 284 g/mol. The monoisotopic (exact) mass is 284 g/mol. The van der Waals surface area contributed by atoms with Crippen molar-refractivity contribution in [1.82, 2.24) is 19.8 Å². The van der Waals surface area contributed by atoms with E-state index >= 15 is 0 Å². The van der Waals surface area contributed by atoms with E-state index in [0.717, 1.165) is 44.4 Å². The summed E-state index contributed by atoms with van der Waals surface area (Å²) >= 11 is 0. The number of amides is 1. The molecule has 2 aliphatic rings. The molecule has 0 radical (unpaired) electrons. The number of hydrogen-bond donors (Lipinski definition) is 1. The van der Waals surface area contributed by atoms with E-state index in [1.807, 2.05) is 23.0 Å². The molecule has 2 aliphatic heterocycles. The highest BCUT2D eigenvalue weighted by molar-refractivity contribution is 5.79. The van der Waals surface area contributed by atoms with Crippen LogP contribution in [0.1, 0.15) is 31.2 Å². The summed E-state index contributed by atoms with van der Waals surface area (Å²) < 4.78 is 1.89. The molecule has 5 nitrogen and oxygen atoms in total. The first-order valence-corrected chi connectivity index (χ1v) is 7.68. The molecule has 0 bridgehead atoms. The van der Waals surface area contributed by atoms with Gasteiger partial charge in [-0.15, -0.1) is 0 Å². The summed E-state index contributed by atoms with van der Waals surface area (Å²) in [5.41, 5.74) is 2.57. The first-order valence-electron chi connectivity index (χ1n) is 7.68. The third kappa shape index (κ3) is 2.42. The molecular formula is C16H20N4O. The SMILES string of the molecule is O=C1CCC2(CCN(Cc3ccn4nccc4c3)CC2)N1. The number of carbonyl (C=O) groups is 1. The maximum Gasteiger partial charge on any atom is 0.220 e. The number of hydrogen-bond acceptors (Lipinski definition) is 3. The molecule has 2 aromatic heterocycles. The molecule has 21 heavy (non-hydrogen) atoms. The van der Waals surface area contributed by atoms with E-state index in [1.165, 1.54) is 5.56 Å². The van der Waals surface area contributed by atoms with Crippen LogP contribution in [0.5, 0.6) is 0 Å². The van der Waals surface area contributed by atoms with Crippen molar-refractivity contribution in [1.29, 1.82) is 0 Å². The number of rotatable bonds is 2. The lowest BCUT2D eigenvalue weighted by atomic mass is 9.86. The fourth-order valence-corrected chi connectivity index (χ4v) is 3.61. The Morgan fingerprint density at radius 2 is 2.10 bits per heavy atom. The maximum atomic E-state index is 11.5. The Morgan fingerprint density at radius 3 is 2.86 bits per heavy atom. The molecule has 4 heterocycles. The zero-order valence-corrected chi connectivity index (χ0v) is 12.1. The van der Waals surface area contributed by atoms with Crippen molar-refractivity contribution in [2.24, 2.45) is 0 Å². The molecule has 2 saturated heterocycles. The quantitative estimate of drug-likeness (QED) is 0.911. The second kappa shape index (κ2) is 4.84. The Morgan fingerprint density at radius 1 is 1.24 bits per heavy atom. The summed E-state index contributed by atoms with van der Waals surface area (Å²) in [7, 11) is 0. The number of aromatic nitrogens is 2. The van der Waals surface area contributed by atoms with Crippen LogP contribution in [0, 0.1) is 0 Å². The summed E-state index contributed by atoms with van der Waals surface area (Å²) in [5.74, 6) is 0.231. The number of fused-ring (bicyclic) bond motifs is 1. The van der Waals surface area contributed by atoms with Gasteiger partial charge < -0.3 is 5.32 Å². The zero-order valence-electron chi connectivity index (χ0n) is 12.1. The molecular weight excluding hydrogens is 264 g/mol. The van der Waals surface area contributed by atoms with Gasteiger partial charge in [0.2, 0.25) is 5.91 Å². The molecule has 1 amide bonds. The van der Waals surface area contributed by atoms with Crippen molar-refractivity contribution in [3.63, 3.8) is 0 Å². The van der Waals surface area contributed by atoms with Crippen molar-refractivity contribution >= 4 is 11.4 Å². The fraction of sp³-hybridized carbons (Fsp3) is 0.500. The van der Waals surface area contributed by atoms with E-state index in [4.69, 9.17) is 0 Å². The lowest BCUT2D eigenvalue weighted by Crippen LogP contribution is -2.50. The minimum Gasteiger partial charge on any atom is -0.351 e. The van der Waals surface area contributed by atoms with Crippen LogP contribution < -0.4 is 5.32 Å². The van der Waals surface area contributed by atoms with Crippen molar-refractivity contribution < 1.29 is 4.79 Å². The lowest BCUT2D eigenvalue weighted by molar-refractivity contribution is -0.120. The van der Waals surface area contributed by atoms with Crippen molar-refractivity contribution in [3.8, 4) is 0 Å². The average Bonchev–Trinajstić information content (AvgIpc) is 3.08. The van der Waals surface area contributed by atoms with Gasteiger partial charge in [-0.25, -0.2) is 4.52 Å². The second-order valence-electron chi connectivity index (χ2n) is 6.34. The van der Waals surface area contributed by atoms with Gasteiger partial charge in [-0.3, -0.25) is 9.69 Å². The van der Waals surface area contributed by atoms with Gasteiger partial charge in [-0.1, -0.05) is 0 Å². The molecule has 2 fully saturated rings. The third-order valence-corrected chi connectivity index (χ3v) is 4.92. The fourth-order valence-electron chi connectivity index (χ4n) is 3.61. The van der Waals surface area contributed by atoms with E-state index in [2.05, 4.69) is 27.4 Å². The normalized spacial score (nSPS) is 22.0. The van der Waals surface area contributed by atoms with Gasteiger partial charge >= 0.3 is 0 Å².